The molecule has 2 saturated heterocycles. The Morgan fingerprint density at radius 2 is 2.00 bits per heavy atom. The molecule has 1 unspecified atom stereocenters. The van der Waals surface area contributed by atoms with Crippen molar-refractivity contribution in [3.05, 3.63) is 55.2 Å². The highest BCUT2D eigenvalue weighted by Crippen LogP contribution is 2.39. The smallest absolute Gasteiger partial charge is 0.255 e. The second kappa shape index (κ2) is 8.66. The second-order valence-corrected chi connectivity index (χ2v) is 8.18. The van der Waals surface area contributed by atoms with Gasteiger partial charge in [0, 0.05) is 31.4 Å². The summed E-state index contributed by atoms with van der Waals surface area (Å²) in [5, 5.41) is 0. The molecule has 4 rings (SSSR count). The average molecular weight is 411 g/mol. The van der Waals surface area contributed by atoms with E-state index in [2.05, 4.69) is 18.1 Å². The van der Waals surface area contributed by atoms with Crippen molar-refractivity contribution in [2.75, 3.05) is 37.9 Å². The van der Waals surface area contributed by atoms with Gasteiger partial charge >= 0.3 is 0 Å². The maximum absolute atomic E-state index is 12.9. The molecule has 3 heterocycles. The zero-order valence-corrected chi connectivity index (χ0v) is 17.6. The van der Waals surface area contributed by atoms with Crippen molar-refractivity contribution < 1.29 is 19.0 Å². The van der Waals surface area contributed by atoms with Crippen LogP contribution in [0, 0.1) is 0 Å². The second-order valence-electron chi connectivity index (χ2n) is 8.18. The van der Waals surface area contributed by atoms with E-state index in [9.17, 15) is 4.79 Å². The molecule has 0 saturated carbocycles. The van der Waals surface area contributed by atoms with Gasteiger partial charge in [-0.3, -0.25) is 4.79 Å². The van der Waals surface area contributed by atoms with E-state index in [0.717, 1.165) is 50.3 Å². The van der Waals surface area contributed by atoms with Gasteiger partial charge in [-0.05, 0) is 43.9 Å². The van der Waals surface area contributed by atoms with Crippen LogP contribution >= 0.6 is 0 Å². The average Bonchev–Trinajstić information content (AvgIpc) is 3.23. The zero-order chi connectivity index (χ0) is 21.1. The topological polar surface area (TPSA) is 51.2 Å². The van der Waals surface area contributed by atoms with Gasteiger partial charge in [0.15, 0.2) is 11.5 Å². The lowest BCUT2D eigenvalue weighted by molar-refractivity contribution is -0.161. The standard InChI is InChI=1S/C24H30N2O4/c1-4-6-19(5-2)9-12-25-13-10-24(11-14-25)16-26(23(27)18(3)30-24)20-7-8-21-22(15-20)29-17-28-21/h4-8,15,18H,1-2,9-14,16-17H2,3H3/b19-6+. The van der Waals surface area contributed by atoms with Crippen LogP contribution in [0.25, 0.3) is 0 Å². The summed E-state index contributed by atoms with van der Waals surface area (Å²) in [5.74, 6) is 1.40. The van der Waals surface area contributed by atoms with E-state index in [0.29, 0.717) is 12.3 Å². The number of hydrogen-bond donors (Lipinski definition) is 0. The van der Waals surface area contributed by atoms with E-state index < -0.39 is 6.10 Å². The fraction of sp³-hybridized carbons (Fsp3) is 0.458. The van der Waals surface area contributed by atoms with E-state index in [-0.39, 0.29) is 18.3 Å². The van der Waals surface area contributed by atoms with Crippen molar-refractivity contribution in [3.63, 3.8) is 0 Å². The summed E-state index contributed by atoms with van der Waals surface area (Å²) >= 11 is 0. The Labute approximate surface area is 178 Å². The maximum Gasteiger partial charge on any atom is 0.255 e. The number of likely N-dealkylation sites (tertiary alicyclic amines) is 1. The summed E-state index contributed by atoms with van der Waals surface area (Å²) < 4.78 is 17.2. The molecular formula is C24H30N2O4. The quantitative estimate of drug-likeness (QED) is 0.670. The summed E-state index contributed by atoms with van der Waals surface area (Å²) in [6.45, 7) is 13.2. The van der Waals surface area contributed by atoms with Gasteiger partial charge in [-0.1, -0.05) is 31.4 Å². The van der Waals surface area contributed by atoms with Gasteiger partial charge in [0.1, 0.15) is 6.10 Å². The Balaban J connectivity index is 1.42. The fourth-order valence-electron chi connectivity index (χ4n) is 4.47. The largest absolute Gasteiger partial charge is 0.454 e. The number of benzene rings is 1. The van der Waals surface area contributed by atoms with Crippen LogP contribution in [0.2, 0.25) is 0 Å². The summed E-state index contributed by atoms with van der Waals surface area (Å²) in [5.41, 5.74) is 1.73. The van der Waals surface area contributed by atoms with Crippen LogP contribution in [0.15, 0.2) is 55.2 Å². The molecule has 0 N–H and O–H groups in total. The zero-order valence-electron chi connectivity index (χ0n) is 17.6. The van der Waals surface area contributed by atoms with Crippen molar-refractivity contribution in [3.8, 4) is 11.5 Å². The molecule has 6 heteroatoms. The normalized spacial score (nSPS) is 23.6. The van der Waals surface area contributed by atoms with Crippen LogP contribution in [-0.2, 0) is 9.53 Å². The van der Waals surface area contributed by atoms with Gasteiger partial charge in [-0.15, -0.1) is 0 Å². The van der Waals surface area contributed by atoms with Crippen molar-refractivity contribution in [1.82, 2.24) is 4.90 Å². The highest BCUT2D eigenvalue weighted by Gasteiger charge is 2.45. The Hall–Kier alpha value is -2.57. The molecule has 1 aromatic rings. The third-order valence-corrected chi connectivity index (χ3v) is 6.23. The highest BCUT2D eigenvalue weighted by atomic mass is 16.7. The predicted molar refractivity (Wildman–Crippen MR) is 117 cm³/mol. The van der Waals surface area contributed by atoms with Crippen LogP contribution in [0.4, 0.5) is 5.69 Å². The van der Waals surface area contributed by atoms with Gasteiger partial charge in [0.05, 0.1) is 12.1 Å². The molecule has 0 bridgehead atoms. The number of carbonyl (C=O) groups is 1. The Bertz CT molecular complexity index is 855. The number of fused-ring (bicyclic) bond motifs is 1. The number of carbonyl (C=O) groups excluding carboxylic acids is 1. The van der Waals surface area contributed by atoms with Gasteiger partial charge in [-0.25, -0.2) is 0 Å². The molecule has 1 amide bonds. The minimum atomic E-state index is -0.460. The van der Waals surface area contributed by atoms with Crippen LogP contribution in [0.3, 0.4) is 0 Å². The Kier molecular flexibility index (Phi) is 5.97. The van der Waals surface area contributed by atoms with E-state index >= 15 is 0 Å². The van der Waals surface area contributed by atoms with Gasteiger partial charge in [0.2, 0.25) is 6.79 Å². The molecule has 3 aliphatic rings. The third-order valence-electron chi connectivity index (χ3n) is 6.23. The molecule has 1 atom stereocenters. The first-order valence-corrected chi connectivity index (χ1v) is 10.6. The first-order chi connectivity index (χ1) is 14.5. The molecule has 30 heavy (non-hydrogen) atoms. The van der Waals surface area contributed by atoms with Crippen molar-refractivity contribution in [2.45, 2.75) is 37.9 Å². The first-order valence-electron chi connectivity index (χ1n) is 10.6. The van der Waals surface area contributed by atoms with Crippen LogP contribution < -0.4 is 14.4 Å². The molecule has 160 valence electrons. The molecule has 1 spiro atoms. The van der Waals surface area contributed by atoms with Gasteiger partial charge in [-0.2, -0.15) is 0 Å². The molecule has 0 aliphatic carbocycles. The molecular weight excluding hydrogens is 380 g/mol. The summed E-state index contributed by atoms with van der Waals surface area (Å²) in [7, 11) is 0. The lowest BCUT2D eigenvalue weighted by Gasteiger charge is -2.49. The minimum Gasteiger partial charge on any atom is -0.454 e. The molecule has 6 nitrogen and oxygen atoms in total. The first kappa shape index (κ1) is 20.7. The molecule has 3 aliphatic heterocycles. The number of ether oxygens (including phenoxy) is 3. The van der Waals surface area contributed by atoms with Crippen LogP contribution in [-0.4, -0.2) is 55.5 Å². The highest BCUT2D eigenvalue weighted by molar-refractivity contribution is 5.97. The number of rotatable bonds is 6. The Morgan fingerprint density at radius 3 is 2.73 bits per heavy atom. The van der Waals surface area contributed by atoms with Gasteiger partial charge in [0.25, 0.3) is 5.91 Å². The third kappa shape index (κ3) is 4.16. The predicted octanol–water partition coefficient (Wildman–Crippen LogP) is 3.69. The molecule has 2 fully saturated rings. The van der Waals surface area contributed by atoms with E-state index in [1.165, 1.54) is 5.57 Å². The summed E-state index contributed by atoms with van der Waals surface area (Å²) in [6, 6.07) is 5.69. The van der Waals surface area contributed by atoms with Crippen LogP contribution in [0.5, 0.6) is 11.5 Å². The van der Waals surface area contributed by atoms with Crippen molar-refractivity contribution in [1.29, 1.82) is 0 Å². The van der Waals surface area contributed by atoms with Gasteiger partial charge < -0.3 is 24.0 Å². The SMILES string of the molecule is C=C/C=C(\C=C)CCN1CCC2(CC1)CN(c1ccc3c(c1)OCO3)C(=O)C(C)O2. The molecule has 0 aromatic heterocycles. The lowest BCUT2D eigenvalue weighted by Crippen LogP contribution is -2.61. The number of amides is 1. The Morgan fingerprint density at radius 1 is 1.23 bits per heavy atom. The molecule has 1 aromatic carbocycles. The summed E-state index contributed by atoms with van der Waals surface area (Å²) in [4.78, 5) is 17.2. The fourth-order valence-corrected chi connectivity index (χ4v) is 4.47. The van der Waals surface area contributed by atoms with Crippen molar-refractivity contribution in [2.24, 2.45) is 0 Å². The van der Waals surface area contributed by atoms with Crippen molar-refractivity contribution >= 4 is 11.6 Å². The van der Waals surface area contributed by atoms with E-state index in [4.69, 9.17) is 14.2 Å². The molecule has 0 radical (unpaired) electrons. The number of hydrogen-bond acceptors (Lipinski definition) is 5. The lowest BCUT2D eigenvalue weighted by atomic mass is 9.88. The van der Waals surface area contributed by atoms with E-state index in [1.54, 1.807) is 6.08 Å². The minimum absolute atomic E-state index is 0.00731. The monoisotopic (exact) mass is 410 g/mol. The number of anilines is 1. The number of allylic oxidation sites excluding steroid dienone is 3. The number of nitrogens with zero attached hydrogens (tertiary/aromatic N) is 2. The summed E-state index contributed by atoms with van der Waals surface area (Å²) in [6.07, 6.45) is 8.02. The number of morpholine rings is 1. The number of piperidine rings is 1. The van der Waals surface area contributed by atoms with Crippen LogP contribution in [0.1, 0.15) is 26.2 Å². The van der Waals surface area contributed by atoms with E-state index in [1.807, 2.05) is 42.2 Å². The maximum atomic E-state index is 12.9.